The van der Waals surface area contributed by atoms with Crippen LogP contribution in [0.2, 0.25) is 0 Å². The van der Waals surface area contributed by atoms with Gasteiger partial charge in [-0.2, -0.15) is 0 Å². The summed E-state index contributed by atoms with van der Waals surface area (Å²) in [6, 6.07) is 4.24. The molecule has 114 valence electrons. The van der Waals surface area contributed by atoms with Gasteiger partial charge in [-0.1, -0.05) is 0 Å². The third kappa shape index (κ3) is 4.03. The molecule has 0 saturated carbocycles. The van der Waals surface area contributed by atoms with Gasteiger partial charge in [0, 0.05) is 24.6 Å². The van der Waals surface area contributed by atoms with Crippen LogP contribution in [0, 0.1) is 5.82 Å². The van der Waals surface area contributed by atoms with Crippen LogP contribution in [0.25, 0.3) is 0 Å². The molecule has 1 N–H and O–H groups in total. The molecule has 0 radical (unpaired) electrons. The van der Waals surface area contributed by atoms with Crippen LogP contribution >= 0.6 is 15.9 Å². The summed E-state index contributed by atoms with van der Waals surface area (Å²) in [5, 5.41) is 8.79. The van der Waals surface area contributed by atoms with Crippen molar-refractivity contribution < 1.29 is 19.1 Å². The highest BCUT2D eigenvalue weighted by Crippen LogP contribution is 2.24. The predicted octanol–water partition coefficient (Wildman–Crippen LogP) is 3.45. The van der Waals surface area contributed by atoms with Crippen molar-refractivity contribution in [3.8, 4) is 0 Å². The average Bonchev–Trinajstić information content (AvgIpc) is 2.47. The topological polar surface area (TPSA) is 57.6 Å². The van der Waals surface area contributed by atoms with Gasteiger partial charge < -0.3 is 10.0 Å². The van der Waals surface area contributed by atoms with E-state index in [4.69, 9.17) is 5.11 Å². The van der Waals surface area contributed by atoms with E-state index in [-0.39, 0.29) is 18.4 Å². The van der Waals surface area contributed by atoms with Crippen molar-refractivity contribution in [3.05, 3.63) is 34.1 Å². The van der Waals surface area contributed by atoms with E-state index in [1.54, 1.807) is 11.0 Å². The monoisotopic (exact) mass is 357 g/mol. The minimum atomic E-state index is -0.859. The zero-order chi connectivity index (χ0) is 15.4. The molecule has 0 aromatic heterocycles. The van der Waals surface area contributed by atoms with E-state index in [1.807, 2.05) is 0 Å². The van der Waals surface area contributed by atoms with Crippen molar-refractivity contribution in [1.29, 1.82) is 0 Å². The van der Waals surface area contributed by atoms with E-state index in [0.717, 1.165) is 19.3 Å². The molecule has 1 aliphatic heterocycles. The lowest BCUT2D eigenvalue weighted by Crippen LogP contribution is -2.44. The Morgan fingerprint density at radius 3 is 2.81 bits per heavy atom. The highest BCUT2D eigenvalue weighted by atomic mass is 79.9. The van der Waals surface area contributed by atoms with Crippen LogP contribution in [-0.4, -0.2) is 34.5 Å². The number of carbonyl (C=O) groups excluding carboxylic acids is 1. The molecule has 6 heteroatoms. The van der Waals surface area contributed by atoms with Gasteiger partial charge in [-0.25, -0.2) is 4.39 Å². The number of hydrogen-bond donors (Lipinski definition) is 1. The fourth-order valence-electron chi connectivity index (χ4n) is 2.65. The zero-order valence-electron chi connectivity index (χ0n) is 11.5. The zero-order valence-corrected chi connectivity index (χ0v) is 13.1. The van der Waals surface area contributed by atoms with Gasteiger partial charge in [0.25, 0.3) is 5.91 Å². The van der Waals surface area contributed by atoms with E-state index in [1.165, 1.54) is 12.1 Å². The molecule has 2 rings (SSSR count). The maximum absolute atomic E-state index is 13.6. The smallest absolute Gasteiger partial charge is 0.303 e. The number of nitrogens with zero attached hydrogens (tertiary/aromatic N) is 1. The number of halogens is 2. The summed E-state index contributed by atoms with van der Waals surface area (Å²) in [4.78, 5) is 24.9. The predicted molar refractivity (Wildman–Crippen MR) is 79.6 cm³/mol. The van der Waals surface area contributed by atoms with Gasteiger partial charge in [0.1, 0.15) is 5.82 Å². The molecule has 0 aliphatic carbocycles. The van der Waals surface area contributed by atoms with Gasteiger partial charge in [-0.3, -0.25) is 9.59 Å². The summed E-state index contributed by atoms with van der Waals surface area (Å²) in [7, 11) is 0. The Morgan fingerprint density at radius 2 is 2.14 bits per heavy atom. The molecule has 1 aromatic rings. The van der Waals surface area contributed by atoms with Crippen molar-refractivity contribution >= 4 is 27.8 Å². The number of piperidine rings is 1. The first-order valence-electron chi connectivity index (χ1n) is 6.97. The number of aliphatic carboxylic acids is 1. The molecular weight excluding hydrogens is 341 g/mol. The van der Waals surface area contributed by atoms with E-state index in [2.05, 4.69) is 15.9 Å². The second kappa shape index (κ2) is 7.02. The maximum Gasteiger partial charge on any atom is 0.303 e. The van der Waals surface area contributed by atoms with Crippen LogP contribution in [0.1, 0.15) is 42.5 Å². The number of amides is 1. The van der Waals surface area contributed by atoms with Crippen molar-refractivity contribution in [2.45, 2.75) is 38.1 Å². The Kier molecular flexibility index (Phi) is 5.33. The number of likely N-dealkylation sites (tertiary alicyclic amines) is 1. The molecule has 4 nitrogen and oxygen atoms in total. The molecular formula is C15H17BrFNO3. The van der Waals surface area contributed by atoms with Crippen LogP contribution in [-0.2, 0) is 4.79 Å². The lowest BCUT2D eigenvalue weighted by atomic mass is 9.97. The van der Waals surface area contributed by atoms with Crippen molar-refractivity contribution in [2.24, 2.45) is 0 Å². The van der Waals surface area contributed by atoms with E-state index < -0.39 is 11.8 Å². The number of rotatable bonds is 4. The molecule has 1 aromatic carbocycles. The largest absolute Gasteiger partial charge is 0.481 e. The standard InChI is InChI=1S/C15H17BrFNO3/c16-12-6-4-10(9-13(12)17)15(21)18-8-2-1-3-11(18)5-7-14(19)20/h4,6,9,11H,1-3,5,7-8H2,(H,19,20). The Morgan fingerprint density at radius 1 is 1.38 bits per heavy atom. The highest BCUT2D eigenvalue weighted by Gasteiger charge is 2.28. The lowest BCUT2D eigenvalue weighted by molar-refractivity contribution is -0.137. The van der Waals surface area contributed by atoms with Gasteiger partial charge in [-0.05, 0) is 59.8 Å². The van der Waals surface area contributed by atoms with E-state index >= 15 is 0 Å². The number of hydrogen-bond acceptors (Lipinski definition) is 2. The van der Waals surface area contributed by atoms with E-state index in [0.29, 0.717) is 23.0 Å². The fourth-order valence-corrected chi connectivity index (χ4v) is 2.90. The Labute approximate surface area is 131 Å². The number of carboxylic acids is 1. The van der Waals surface area contributed by atoms with Crippen LogP contribution in [0.4, 0.5) is 4.39 Å². The number of carbonyl (C=O) groups is 2. The second-order valence-electron chi connectivity index (χ2n) is 5.21. The molecule has 1 heterocycles. The molecule has 0 spiro atoms. The molecule has 1 atom stereocenters. The molecule has 1 aliphatic rings. The summed E-state index contributed by atoms with van der Waals surface area (Å²) in [5.74, 6) is -1.56. The summed E-state index contributed by atoms with van der Waals surface area (Å²) in [6.07, 6.45) is 3.18. The van der Waals surface area contributed by atoms with Gasteiger partial charge in [0.2, 0.25) is 0 Å². The van der Waals surface area contributed by atoms with Crippen molar-refractivity contribution in [2.75, 3.05) is 6.54 Å². The SMILES string of the molecule is O=C(O)CCC1CCCCN1C(=O)c1ccc(Br)c(F)c1. The van der Waals surface area contributed by atoms with Crippen molar-refractivity contribution in [3.63, 3.8) is 0 Å². The van der Waals surface area contributed by atoms with Crippen molar-refractivity contribution in [1.82, 2.24) is 4.90 Å². The third-order valence-electron chi connectivity index (χ3n) is 3.75. The first-order chi connectivity index (χ1) is 9.99. The van der Waals surface area contributed by atoms with Gasteiger partial charge >= 0.3 is 5.97 Å². The van der Waals surface area contributed by atoms with Crippen LogP contribution in [0.5, 0.6) is 0 Å². The van der Waals surface area contributed by atoms with Gasteiger partial charge in [-0.15, -0.1) is 0 Å². The normalized spacial score (nSPS) is 18.6. The minimum absolute atomic E-state index is 0.0448. The average molecular weight is 358 g/mol. The van der Waals surface area contributed by atoms with Crippen LogP contribution in [0.3, 0.4) is 0 Å². The lowest BCUT2D eigenvalue weighted by Gasteiger charge is -2.35. The van der Waals surface area contributed by atoms with Crippen LogP contribution in [0.15, 0.2) is 22.7 Å². The summed E-state index contributed by atoms with van der Waals surface area (Å²) >= 11 is 3.06. The van der Waals surface area contributed by atoms with Gasteiger partial charge in [0.05, 0.1) is 4.47 Å². The summed E-state index contributed by atoms with van der Waals surface area (Å²) in [5.41, 5.74) is 0.304. The quantitative estimate of drug-likeness (QED) is 0.897. The van der Waals surface area contributed by atoms with Gasteiger partial charge in [0.15, 0.2) is 0 Å². The Bertz CT molecular complexity index is 550. The molecule has 1 unspecified atom stereocenters. The maximum atomic E-state index is 13.6. The Balaban J connectivity index is 2.13. The molecule has 1 fully saturated rings. The molecule has 1 amide bonds. The fraction of sp³-hybridized carbons (Fsp3) is 0.467. The Hall–Kier alpha value is -1.43. The molecule has 21 heavy (non-hydrogen) atoms. The molecule has 0 bridgehead atoms. The summed E-state index contributed by atoms with van der Waals surface area (Å²) < 4.78 is 13.9. The second-order valence-corrected chi connectivity index (χ2v) is 6.06. The highest BCUT2D eigenvalue weighted by molar-refractivity contribution is 9.10. The first-order valence-corrected chi connectivity index (χ1v) is 7.76. The minimum Gasteiger partial charge on any atom is -0.481 e. The molecule has 1 saturated heterocycles. The van der Waals surface area contributed by atoms with E-state index in [9.17, 15) is 14.0 Å². The summed E-state index contributed by atoms with van der Waals surface area (Å²) in [6.45, 7) is 0.598. The number of carboxylic acid groups (broad SMARTS) is 1. The number of benzene rings is 1. The first kappa shape index (κ1) is 15.9. The van der Waals surface area contributed by atoms with Crippen LogP contribution < -0.4 is 0 Å². The third-order valence-corrected chi connectivity index (χ3v) is 4.39.